The highest BCUT2D eigenvalue weighted by atomic mass is 35.5. The van der Waals surface area contributed by atoms with Gasteiger partial charge in [-0.25, -0.2) is 0 Å². The molecule has 0 aliphatic heterocycles. The van der Waals surface area contributed by atoms with Crippen molar-refractivity contribution in [3.63, 3.8) is 0 Å². The van der Waals surface area contributed by atoms with Gasteiger partial charge in [-0.05, 0) is 42.1 Å². The molecule has 0 aromatic heterocycles. The van der Waals surface area contributed by atoms with Gasteiger partial charge in [0.25, 0.3) is 0 Å². The van der Waals surface area contributed by atoms with Crippen molar-refractivity contribution in [3.8, 4) is 0 Å². The number of rotatable bonds is 1. The van der Waals surface area contributed by atoms with Crippen molar-refractivity contribution >= 4 is 11.6 Å². The second kappa shape index (κ2) is 3.25. The Balaban J connectivity index is 2.49. The Morgan fingerprint density at radius 1 is 1.43 bits per heavy atom. The van der Waals surface area contributed by atoms with Gasteiger partial charge in [-0.15, -0.1) is 0 Å². The summed E-state index contributed by atoms with van der Waals surface area (Å²) in [6.45, 7) is 4.59. The SMILES string of the molecule is CNC1c2cc(Cl)ccc2CC1(C)C. The van der Waals surface area contributed by atoms with Crippen molar-refractivity contribution in [1.82, 2.24) is 5.32 Å². The molecule has 1 N–H and O–H groups in total. The maximum atomic E-state index is 6.01. The molecule has 0 saturated carbocycles. The zero-order chi connectivity index (χ0) is 10.3. The van der Waals surface area contributed by atoms with E-state index in [0.717, 1.165) is 11.4 Å². The molecule has 14 heavy (non-hydrogen) atoms. The van der Waals surface area contributed by atoms with Gasteiger partial charge in [0.05, 0.1) is 0 Å². The van der Waals surface area contributed by atoms with Gasteiger partial charge in [0.15, 0.2) is 0 Å². The van der Waals surface area contributed by atoms with Gasteiger partial charge in [-0.3, -0.25) is 0 Å². The number of halogens is 1. The largest absolute Gasteiger partial charge is 0.313 e. The molecule has 1 aliphatic rings. The molecule has 0 bridgehead atoms. The van der Waals surface area contributed by atoms with Crippen molar-refractivity contribution in [2.24, 2.45) is 5.41 Å². The van der Waals surface area contributed by atoms with Crippen LogP contribution in [0.3, 0.4) is 0 Å². The topological polar surface area (TPSA) is 12.0 Å². The highest BCUT2D eigenvalue weighted by molar-refractivity contribution is 6.30. The summed E-state index contributed by atoms with van der Waals surface area (Å²) in [5.74, 6) is 0. The molecule has 1 atom stereocenters. The first-order valence-electron chi connectivity index (χ1n) is 5.00. The summed E-state index contributed by atoms with van der Waals surface area (Å²) >= 11 is 6.01. The first-order chi connectivity index (χ1) is 6.54. The lowest BCUT2D eigenvalue weighted by Gasteiger charge is -2.27. The summed E-state index contributed by atoms with van der Waals surface area (Å²) in [4.78, 5) is 0. The van der Waals surface area contributed by atoms with E-state index < -0.39 is 0 Å². The van der Waals surface area contributed by atoms with Crippen LogP contribution in [0.15, 0.2) is 18.2 Å². The smallest absolute Gasteiger partial charge is 0.0409 e. The first-order valence-corrected chi connectivity index (χ1v) is 5.38. The minimum absolute atomic E-state index is 0.293. The Bertz CT molecular complexity index is 357. The van der Waals surface area contributed by atoms with Crippen LogP contribution in [0.2, 0.25) is 5.02 Å². The monoisotopic (exact) mass is 209 g/mol. The molecule has 0 spiro atoms. The number of benzene rings is 1. The van der Waals surface area contributed by atoms with Crippen LogP contribution in [-0.2, 0) is 6.42 Å². The fourth-order valence-corrected chi connectivity index (χ4v) is 2.74. The molecular formula is C12H16ClN. The molecule has 76 valence electrons. The Morgan fingerprint density at radius 3 is 2.79 bits per heavy atom. The quantitative estimate of drug-likeness (QED) is 0.749. The Hall–Kier alpha value is -0.530. The molecule has 1 nitrogen and oxygen atoms in total. The van der Waals surface area contributed by atoms with Crippen molar-refractivity contribution in [1.29, 1.82) is 0 Å². The van der Waals surface area contributed by atoms with E-state index in [-0.39, 0.29) is 0 Å². The molecule has 2 heteroatoms. The number of hydrogen-bond acceptors (Lipinski definition) is 1. The Morgan fingerprint density at radius 2 is 2.14 bits per heavy atom. The van der Waals surface area contributed by atoms with Gasteiger partial charge in [0.2, 0.25) is 0 Å². The van der Waals surface area contributed by atoms with Gasteiger partial charge in [0.1, 0.15) is 0 Å². The summed E-state index contributed by atoms with van der Waals surface area (Å²) in [5, 5.41) is 4.21. The van der Waals surface area contributed by atoms with Crippen LogP contribution < -0.4 is 5.32 Å². The normalized spacial score (nSPS) is 23.6. The van der Waals surface area contributed by atoms with Crippen molar-refractivity contribution in [3.05, 3.63) is 34.3 Å². The fraction of sp³-hybridized carbons (Fsp3) is 0.500. The standard InChI is InChI=1S/C12H16ClN/c1-12(2)7-8-4-5-9(13)6-10(8)11(12)14-3/h4-6,11,14H,7H2,1-3H3. The molecule has 1 unspecified atom stereocenters. The highest BCUT2D eigenvalue weighted by Gasteiger charge is 2.37. The van der Waals surface area contributed by atoms with E-state index in [4.69, 9.17) is 11.6 Å². The van der Waals surface area contributed by atoms with Gasteiger partial charge in [-0.2, -0.15) is 0 Å². The van der Waals surface area contributed by atoms with Crippen molar-refractivity contribution in [2.45, 2.75) is 26.3 Å². The van der Waals surface area contributed by atoms with E-state index >= 15 is 0 Å². The molecule has 1 aliphatic carbocycles. The lowest BCUT2D eigenvalue weighted by molar-refractivity contribution is 0.283. The third-order valence-corrected chi connectivity index (χ3v) is 3.37. The molecule has 0 radical (unpaired) electrons. The van der Waals surface area contributed by atoms with Crippen LogP contribution in [0, 0.1) is 5.41 Å². The fourth-order valence-electron chi connectivity index (χ4n) is 2.56. The molecular weight excluding hydrogens is 194 g/mol. The van der Waals surface area contributed by atoms with Gasteiger partial charge >= 0.3 is 0 Å². The molecule has 0 saturated heterocycles. The minimum Gasteiger partial charge on any atom is -0.313 e. The van der Waals surface area contributed by atoms with E-state index in [9.17, 15) is 0 Å². The lowest BCUT2D eigenvalue weighted by atomic mass is 9.85. The molecule has 0 heterocycles. The van der Waals surface area contributed by atoms with Crippen LogP contribution in [0.5, 0.6) is 0 Å². The molecule has 2 rings (SSSR count). The zero-order valence-corrected chi connectivity index (χ0v) is 9.65. The van der Waals surface area contributed by atoms with Gasteiger partial charge in [0, 0.05) is 11.1 Å². The van der Waals surface area contributed by atoms with E-state index in [0.29, 0.717) is 11.5 Å². The number of nitrogens with one attached hydrogen (secondary N) is 1. The molecule has 1 aromatic rings. The third kappa shape index (κ3) is 1.45. The number of hydrogen-bond donors (Lipinski definition) is 1. The van der Waals surface area contributed by atoms with Crippen LogP contribution in [-0.4, -0.2) is 7.05 Å². The Labute approximate surface area is 90.5 Å². The predicted molar refractivity (Wildman–Crippen MR) is 60.7 cm³/mol. The van der Waals surface area contributed by atoms with Crippen LogP contribution >= 0.6 is 11.6 Å². The van der Waals surface area contributed by atoms with Gasteiger partial charge < -0.3 is 5.32 Å². The third-order valence-electron chi connectivity index (χ3n) is 3.14. The predicted octanol–water partition coefficient (Wildman–Crippen LogP) is 3.18. The van der Waals surface area contributed by atoms with E-state index in [1.165, 1.54) is 11.1 Å². The average Bonchev–Trinajstić information content (AvgIpc) is 2.34. The maximum Gasteiger partial charge on any atom is 0.0409 e. The van der Waals surface area contributed by atoms with Crippen LogP contribution in [0.4, 0.5) is 0 Å². The molecule has 1 aromatic carbocycles. The van der Waals surface area contributed by atoms with Crippen LogP contribution in [0.25, 0.3) is 0 Å². The molecule has 0 amide bonds. The summed E-state index contributed by atoms with van der Waals surface area (Å²) in [6, 6.07) is 6.65. The Kier molecular flexibility index (Phi) is 2.32. The average molecular weight is 210 g/mol. The maximum absolute atomic E-state index is 6.01. The lowest BCUT2D eigenvalue weighted by Crippen LogP contribution is -2.28. The number of fused-ring (bicyclic) bond motifs is 1. The van der Waals surface area contributed by atoms with Crippen LogP contribution in [0.1, 0.15) is 31.0 Å². The summed E-state index contributed by atoms with van der Waals surface area (Å²) in [6.07, 6.45) is 1.13. The summed E-state index contributed by atoms with van der Waals surface area (Å²) in [7, 11) is 2.02. The van der Waals surface area contributed by atoms with E-state index in [1.54, 1.807) is 0 Å². The highest BCUT2D eigenvalue weighted by Crippen LogP contribution is 2.45. The van der Waals surface area contributed by atoms with E-state index in [2.05, 4.69) is 31.3 Å². The summed E-state index contributed by atoms with van der Waals surface area (Å²) < 4.78 is 0. The van der Waals surface area contributed by atoms with Crippen molar-refractivity contribution < 1.29 is 0 Å². The molecule has 0 fully saturated rings. The summed E-state index contributed by atoms with van der Waals surface area (Å²) in [5.41, 5.74) is 3.09. The minimum atomic E-state index is 0.293. The van der Waals surface area contributed by atoms with Gasteiger partial charge in [-0.1, -0.05) is 31.5 Å². The first kappa shape index (κ1) is 10.0. The second-order valence-electron chi connectivity index (χ2n) is 4.73. The second-order valence-corrected chi connectivity index (χ2v) is 5.17. The van der Waals surface area contributed by atoms with Crippen molar-refractivity contribution in [2.75, 3.05) is 7.05 Å². The van der Waals surface area contributed by atoms with E-state index in [1.807, 2.05) is 13.1 Å². The zero-order valence-electron chi connectivity index (χ0n) is 8.89.